The summed E-state index contributed by atoms with van der Waals surface area (Å²) >= 11 is 10.00. The number of rotatable bonds is 11. The van der Waals surface area contributed by atoms with E-state index in [0.29, 0.717) is 52.4 Å². The van der Waals surface area contributed by atoms with Crippen molar-refractivity contribution >= 4 is 56.1 Å². The van der Waals surface area contributed by atoms with Gasteiger partial charge in [0.2, 0.25) is 5.91 Å². The Kier molecular flexibility index (Phi) is 9.34. The number of piperidine rings is 1. The third-order valence-electron chi connectivity index (χ3n) is 7.02. The highest BCUT2D eigenvalue weighted by molar-refractivity contribution is 9.09. The zero-order valence-electron chi connectivity index (χ0n) is 22.0. The first-order valence-corrected chi connectivity index (χ1v) is 15.0. The Bertz CT molecular complexity index is 1480. The van der Waals surface area contributed by atoms with Gasteiger partial charge in [0.1, 0.15) is 29.3 Å². The first-order valence-electron chi connectivity index (χ1n) is 13.5. The molecule has 2 N–H and O–H groups in total. The number of likely N-dealkylation sites (tertiary alicyclic amines) is 1. The van der Waals surface area contributed by atoms with Gasteiger partial charge in [-0.05, 0) is 49.9 Å². The first-order chi connectivity index (χ1) is 19.5. The van der Waals surface area contributed by atoms with Gasteiger partial charge in [-0.1, -0.05) is 52.2 Å². The number of fused-ring (bicyclic) bond motifs is 1. The van der Waals surface area contributed by atoms with Crippen molar-refractivity contribution in [1.82, 2.24) is 19.9 Å². The van der Waals surface area contributed by atoms with Gasteiger partial charge in [0.15, 0.2) is 5.78 Å². The number of H-pyrrole nitrogens is 1. The van der Waals surface area contributed by atoms with Gasteiger partial charge in [-0.2, -0.15) is 0 Å². The van der Waals surface area contributed by atoms with E-state index in [1.165, 1.54) is 6.33 Å². The maximum atomic E-state index is 13.7. The topological polar surface area (TPSA) is 100 Å². The molecule has 0 aliphatic carbocycles. The number of aromatic nitrogens is 3. The van der Waals surface area contributed by atoms with Crippen molar-refractivity contribution in [1.29, 1.82) is 0 Å². The molecule has 1 amide bonds. The van der Waals surface area contributed by atoms with E-state index in [9.17, 15) is 9.59 Å². The molecule has 4 aromatic rings. The maximum Gasteiger partial charge on any atom is 0.222 e. The molecule has 0 bridgehead atoms. The molecule has 1 saturated heterocycles. The van der Waals surface area contributed by atoms with Gasteiger partial charge in [-0.15, -0.1) is 0 Å². The Hall–Kier alpha value is -3.43. The summed E-state index contributed by atoms with van der Waals surface area (Å²) in [6.45, 7) is 1.37. The van der Waals surface area contributed by atoms with Crippen LogP contribution >= 0.6 is 27.5 Å². The number of amides is 1. The molecule has 0 spiro atoms. The van der Waals surface area contributed by atoms with Crippen LogP contribution in [0.3, 0.4) is 0 Å². The van der Waals surface area contributed by atoms with E-state index in [1.54, 1.807) is 24.4 Å². The highest BCUT2D eigenvalue weighted by Gasteiger charge is 2.26. The Morgan fingerprint density at radius 1 is 1.07 bits per heavy atom. The Labute approximate surface area is 246 Å². The summed E-state index contributed by atoms with van der Waals surface area (Å²) in [5.41, 5.74) is 1.33. The Morgan fingerprint density at radius 3 is 2.73 bits per heavy atom. The fourth-order valence-electron chi connectivity index (χ4n) is 4.98. The van der Waals surface area contributed by atoms with E-state index >= 15 is 0 Å². The van der Waals surface area contributed by atoms with Crippen molar-refractivity contribution in [3.05, 3.63) is 77.2 Å². The van der Waals surface area contributed by atoms with Gasteiger partial charge in [-0.3, -0.25) is 9.59 Å². The van der Waals surface area contributed by atoms with Crippen LogP contribution in [0.15, 0.2) is 61.1 Å². The number of hydrogen-bond acceptors (Lipinski definition) is 6. The standard InChI is InChI=1S/C30H31BrClN5O3/c31-14-6-2-5-11-26(38)37-15-7-8-20(18-37)36-30-27-24(17-33-29(27)34-19-35-30)28(39)23-13-12-22(16-25(23)32)40-21-9-3-1-4-10-21/h1,3-4,9-10,12-13,16-17,19-20H,2,5-8,11,14-15,18H2,(H2,33,34,35,36)/t20-/m1/s1. The van der Waals surface area contributed by atoms with Crippen LogP contribution in [0.5, 0.6) is 11.5 Å². The van der Waals surface area contributed by atoms with Crippen molar-refractivity contribution in [2.45, 2.75) is 44.6 Å². The van der Waals surface area contributed by atoms with Crippen molar-refractivity contribution in [3.63, 3.8) is 0 Å². The summed E-state index contributed by atoms with van der Waals surface area (Å²) in [5, 5.41) is 5.35. The Balaban J connectivity index is 1.32. The molecule has 8 nitrogen and oxygen atoms in total. The lowest BCUT2D eigenvalue weighted by atomic mass is 10.0. The van der Waals surface area contributed by atoms with Crippen LogP contribution in [0.2, 0.25) is 5.02 Å². The SMILES string of the molecule is O=C(c1ccc(Oc2ccccc2)cc1Cl)c1c[nH]c2ncnc(N[C@@H]3CCCN(C(=O)CCCCCBr)C3)c12. The van der Waals surface area contributed by atoms with Crippen LogP contribution in [-0.2, 0) is 4.79 Å². The summed E-state index contributed by atoms with van der Waals surface area (Å²) in [6.07, 6.45) is 8.52. The molecule has 0 radical (unpaired) electrons. The van der Waals surface area contributed by atoms with E-state index in [0.717, 1.165) is 44.0 Å². The van der Waals surface area contributed by atoms with Crippen LogP contribution in [0.4, 0.5) is 5.82 Å². The summed E-state index contributed by atoms with van der Waals surface area (Å²) in [6, 6.07) is 14.4. The molecule has 0 unspecified atom stereocenters. The summed E-state index contributed by atoms with van der Waals surface area (Å²) in [4.78, 5) is 40.3. The van der Waals surface area contributed by atoms with E-state index in [2.05, 4.69) is 36.2 Å². The minimum atomic E-state index is -0.246. The number of aromatic amines is 1. The van der Waals surface area contributed by atoms with E-state index in [1.807, 2.05) is 35.2 Å². The van der Waals surface area contributed by atoms with Crippen molar-refractivity contribution in [2.75, 3.05) is 23.7 Å². The van der Waals surface area contributed by atoms with Gasteiger partial charge in [0, 0.05) is 48.7 Å². The molecule has 3 heterocycles. The van der Waals surface area contributed by atoms with Gasteiger partial charge < -0.3 is 19.9 Å². The average Bonchev–Trinajstić information content (AvgIpc) is 3.41. The number of para-hydroxylation sites is 1. The van der Waals surface area contributed by atoms with E-state index < -0.39 is 0 Å². The largest absolute Gasteiger partial charge is 0.457 e. The van der Waals surface area contributed by atoms with Gasteiger partial charge in [0.05, 0.1) is 16.0 Å². The van der Waals surface area contributed by atoms with E-state index in [4.69, 9.17) is 16.3 Å². The molecule has 1 atom stereocenters. The van der Waals surface area contributed by atoms with Crippen molar-refractivity contribution in [3.8, 4) is 11.5 Å². The molecule has 208 valence electrons. The molecule has 10 heteroatoms. The number of unbranched alkanes of at least 4 members (excludes halogenated alkanes) is 2. The fourth-order valence-corrected chi connectivity index (χ4v) is 5.64. The number of ketones is 1. The van der Waals surface area contributed by atoms with Crippen LogP contribution < -0.4 is 10.1 Å². The number of alkyl halides is 1. The minimum absolute atomic E-state index is 0.0224. The predicted molar refractivity (Wildman–Crippen MR) is 161 cm³/mol. The first kappa shape index (κ1) is 28.1. The third-order valence-corrected chi connectivity index (χ3v) is 7.89. The highest BCUT2D eigenvalue weighted by atomic mass is 79.9. The molecule has 2 aromatic carbocycles. The average molecular weight is 625 g/mol. The molecule has 40 heavy (non-hydrogen) atoms. The number of ether oxygens (including phenoxy) is 1. The molecule has 0 saturated carbocycles. The van der Waals surface area contributed by atoms with Crippen molar-refractivity contribution < 1.29 is 14.3 Å². The number of nitrogens with zero attached hydrogens (tertiary/aromatic N) is 3. The quantitative estimate of drug-likeness (QED) is 0.106. The minimum Gasteiger partial charge on any atom is -0.457 e. The van der Waals surface area contributed by atoms with Crippen LogP contribution in [0.25, 0.3) is 11.0 Å². The normalized spacial score (nSPS) is 15.2. The lowest BCUT2D eigenvalue weighted by Gasteiger charge is -2.33. The number of nitrogens with one attached hydrogen (secondary N) is 2. The number of carbonyl (C=O) groups is 2. The summed E-state index contributed by atoms with van der Waals surface area (Å²) in [5.74, 6) is 1.73. The van der Waals surface area contributed by atoms with Gasteiger partial charge >= 0.3 is 0 Å². The fraction of sp³-hybridized carbons (Fsp3) is 0.333. The second-order valence-corrected chi connectivity index (χ2v) is 11.1. The van der Waals surface area contributed by atoms with Crippen LogP contribution in [0.1, 0.15) is 54.4 Å². The highest BCUT2D eigenvalue weighted by Crippen LogP contribution is 2.32. The zero-order chi connectivity index (χ0) is 27.9. The molecule has 5 rings (SSSR count). The molecule has 1 aliphatic heterocycles. The smallest absolute Gasteiger partial charge is 0.222 e. The molecule has 1 fully saturated rings. The molecular weight excluding hydrogens is 594 g/mol. The summed E-state index contributed by atoms with van der Waals surface area (Å²) in [7, 11) is 0. The third kappa shape index (κ3) is 6.64. The lowest BCUT2D eigenvalue weighted by Crippen LogP contribution is -2.45. The van der Waals surface area contributed by atoms with Crippen molar-refractivity contribution in [2.24, 2.45) is 0 Å². The summed E-state index contributed by atoms with van der Waals surface area (Å²) < 4.78 is 5.85. The number of carbonyl (C=O) groups excluding carboxylic acids is 2. The van der Waals surface area contributed by atoms with Crippen LogP contribution in [0, 0.1) is 0 Å². The van der Waals surface area contributed by atoms with Gasteiger partial charge in [-0.25, -0.2) is 9.97 Å². The number of anilines is 1. The predicted octanol–water partition coefficient (Wildman–Crippen LogP) is 6.99. The lowest BCUT2D eigenvalue weighted by molar-refractivity contribution is -0.132. The maximum absolute atomic E-state index is 13.7. The van der Waals surface area contributed by atoms with Crippen LogP contribution in [-0.4, -0.2) is 56.0 Å². The molecular formula is C30H31BrClN5O3. The Morgan fingerprint density at radius 2 is 1.93 bits per heavy atom. The molecule has 1 aliphatic rings. The molecule has 2 aromatic heterocycles. The van der Waals surface area contributed by atoms with E-state index in [-0.39, 0.29) is 22.8 Å². The zero-order valence-corrected chi connectivity index (χ0v) is 24.4. The second kappa shape index (κ2) is 13.3. The monoisotopic (exact) mass is 623 g/mol. The number of hydrogen-bond donors (Lipinski definition) is 2. The number of benzene rings is 2. The van der Waals surface area contributed by atoms with Gasteiger partial charge in [0.25, 0.3) is 0 Å². The number of halogens is 2. The second-order valence-electron chi connectivity index (χ2n) is 9.86.